The summed E-state index contributed by atoms with van der Waals surface area (Å²) in [6, 6.07) is 25.1. The molecule has 0 saturated carbocycles. The zero-order valence-electron chi connectivity index (χ0n) is 19.1. The first-order valence-electron chi connectivity index (χ1n) is 11.4. The molecule has 1 fully saturated rings. The number of hydrogen-bond acceptors (Lipinski definition) is 7. The molecule has 4 N–H and O–H groups in total. The number of ether oxygens (including phenoxy) is 3. The van der Waals surface area contributed by atoms with Gasteiger partial charge in [-0.2, -0.15) is 0 Å². The molecule has 9 heteroatoms. The fraction of sp³-hybridized carbons (Fsp3) is 0.259. The van der Waals surface area contributed by atoms with Crippen LogP contribution in [0.15, 0.2) is 91.1 Å². The van der Waals surface area contributed by atoms with Crippen molar-refractivity contribution < 1.29 is 34.6 Å². The highest BCUT2D eigenvalue weighted by atomic mass is 35.5. The molecular weight excluding hydrogens is 486 g/mol. The molecule has 0 unspecified atom stereocenters. The Morgan fingerprint density at radius 3 is 2.31 bits per heavy atom. The summed E-state index contributed by atoms with van der Waals surface area (Å²) in [5, 5.41) is 42.2. The SMILES string of the molecule is OC[C@H]1O[C@H](Oc2ccccc2)[C@](O)(Cl)[C@@H](O)[C@@]1(O)n1ccc2c(OCc3ccccc3)cccc21. The van der Waals surface area contributed by atoms with Gasteiger partial charge in [-0.1, -0.05) is 66.2 Å². The summed E-state index contributed by atoms with van der Waals surface area (Å²) in [6.45, 7) is -0.362. The molecule has 2 heterocycles. The molecule has 0 bridgehead atoms. The molecule has 1 saturated heterocycles. The van der Waals surface area contributed by atoms with Crippen molar-refractivity contribution in [2.24, 2.45) is 0 Å². The number of aliphatic hydroxyl groups excluding tert-OH is 2. The lowest BCUT2D eigenvalue weighted by Crippen LogP contribution is -2.72. The van der Waals surface area contributed by atoms with Crippen molar-refractivity contribution in [3.8, 4) is 11.5 Å². The fourth-order valence-corrected chi connectivity index (χ4v) is 4.71. The molecule has 36 heavy (non-hydrogen) atoms. The van der Waals surface area contributed by atoms with Gasteiger partial charge in [0.2, 0.25) is 17.1 Å². The molecule has 1 aliphatic heterocycles. The second kappa shape index (κ2) is 9.74. The van der Waals surface area contributed by atoms with E-state index in [0.717, 1.165) is 5.56 Å². The van der Waals surface area contributed by atoms with Gasteiger partial charge in [0.15, 0.2) is 6.10 Å². The number of halogens is 1. The quantitative estimate of drug-likeness (QED) is 0.282. The van der Waals surface area contributed by atoms with Crippen LogP contribution >= 0.6 is 11.6 Å². The van der Waals surface area contributed by atoms with Crippen LogP contribution in [0.1, 0.15) is 5.56 Å². The summed E-state index contributed by atoms with van der Waals surface area (Å²) in [6.07, 6.45) is -3.48. The Balaban J connectivity index is 1.48. The monoisotopic (exact) mass is 511 g/mol. The van der Waals surface area contributed by atoms with Gasteiger partial charge in [-0.25, -0.2) is 0 Å². The van der Waals surface area contributed by atoms with Gasteiger partial charge in [0, 0.05) is 11.6 Å². The van der Waals surface area contributed by atoms with E-state index in [1.807, 2.05) is 30.3 Å². The number of nitrogens with zero attached hydrogens (tertiary/aromatic N) is 1. The number of alkyl halides is 1. The summed E-state index contributed by atoms with van der Waals surface area (Å²) < 4.78 is 18.7. The van der Waals surface area contributed by atoms with E-state index >= 15 is 0 Å². The standard InChI is InChI=1S/C27H26ClNO7/c28-26(32)24(31)27(33,23(16-30)36-25(26)35-19-10-5-2-6-11-19)29-15-14-20-21(29)12-7-13-22(20)34-17-18-8-3-1-4-9-18/h1-15,23-25,30-33H,16-17H2/t23-,24-,25+,26+,27-/m1/s1. The summed E-state index contributed by atoms with van der Waals surface area (Å²) in [4.78, 5) is 0. The Labute approximate surface area is 212 Å². The van der Waals surface area contributed by atoms with E-state index in [-0.39, 0.29) is 0 Å². The lowest BCUT2D eigenvalue weighted by Gasteiger charge is -2.51. The van der Waals surface area contributed by atoms with E-state index in [4.69, 9.17) is 25.8 Å². The lowest BCUT2D eigenvalue weighted by molar-refractivity contribution is -0.352. The summed E-state index contributed by atoms with van der Waals surface area (Å²) in [5.74, 6) is 0.874. The molecule has 5 rings (SSSR count). The smallest absolute Gasteiger partial charge is 0.246 e. The normalized spacial score (nSPS) is 28.2. The van der Waals surface area contributed by atoms with E-state index in [0.29, 0.717) is 29.0 Å². The minimum Gasteiger partial charge on any atom is -0.488 e. The number of fused-ring (bicyclic) bond motifs is 1. The van der Waals surface area contributed by atoms with Crippen molar-refractivity contribution in [3.63, 3.8) is 0 Å². The van der Waals surface area contributed by atoms with Gasteiger partial charge in [-0.05, 0) is 35.9 Å². The van der Waals surface area contributed by atoms with Crippen LogP contribution in [0.4, 0.5) is 0 Å². The third-order valence-corrected chi connectivity index (χ3v) is 6.73. The van der Waals surface area contributed by atoms with E-state index in [2.05, 4.69) is 0 Å². The molecule has 188 valence electrons. The van der Waals surface area contributed by atoms with Crippen molar-refractivity contribution in [3.05, 3.63) is 96.7 Å². The van der Waals surface area contributed by atoms with Crippen LogP contribution < -0.4 is 9.47 Å². The molecule has 4 aromatic rings. The van der Waals surface area contributed by atoms with Crippen LogP contribution in [-0.2, 0) is 17.1 Å². The van der Waals surface area contributed by atoms with Crippen LogP contribution in [0.3, 0.4) is 0 Å². The van der Waals surface area contributed by atoms with Gasteiger partial charge in [-0.15, -0.1) is 0 Å². The Morgan fingerprint density at radius 1 is 0.917 bits per heavy atom. The van der Waals surface area contributed by atoms with E-state index < -0.39 is 35.9 Å². The molecule has 0 spiro atoms. The fourth-order valence-electron chi connectivity index (χ4n) is 4.46. The second-order valence-electron chi connectivity index (χ2n) is 8.63. The molecule has 1 aliphatic rings. The van der Waals surface area contributed by atoms with Gasteiger partial charge in [0.05, 0.1) is 12.1 Å². The second-order valence-corrected chi connectivity index (χ2v) is 9.24. The number of hydrogen-bond donors (Lipinski definition) is 4. The van der Waals surface area contributed by atoms with Crippen molar-refractivity contribution in [1.82, 2.24) is 4.57 Å². The van der Waals surface area contributed by atoms with Crippen molar-refractivity contribution >= 4 is 22.5 Å². The van der Waals surface area contributed by atoms with Crippen molar-refractivity contribution in [2.75, 3.05) is 6.61 Å². The highest BCUT2D eigenvalue weighted by Crippen LogP contribution is 2.44. The predicted molar refractivity (Wildman–Crippen MR) is 133 cm³/mol. The number of para-hydroxylation sites is 1. The van der Waals surface area contributed by atoms with E-state index in [1.165, 1.54) is 10.8 Å². The molecule has 0 radical (unpaired) electrons. The summed E-state index contributed by atoms with van der Waals surface area (Å²) in [7, 11) is 0. The molecule has 5 atom stereocenters. The Morgan fingerprint density at radius 2 is 1.61 bits per heavy atom. The summed E-state index contributed by atoms with van der Waals surface area (Å²) in [5.41, 5.74) is -0.888. The average Bonchev–Trinajstić information content (AvgIpc) is 3.35. The molecule has 1 aromatic heterocycles. The maximum Gasteiger partial charge on any atom is 0.246 e. The number of rotatable bonds is 7. The third kappa shape index (κ3) is 4.22. The Kier molecular flexibility index (Phi) is 6.65. The molecule has 8 nitrogen and oxygen atoms in total. The topological polar surface area (TPSA) is 114 Å². The van der Waals surface area contributed by atoms with Crippen LogP contribution in [0.5, 0.6) is 11.5 Å². The molecular formula is C27H26ClNO7. The minimum atomic E-state index is -2.56. The van der Waals surface area contributed by atoms with E-state index in [9.17, 15) is 20.4 Å². The van der Waals surface area contributed by atoms with Gasteiger partial charge < -0.3 is 39.2 Å². The van der Waals surface area contributed by atoms with Crippen molar-refractivity contribution in [2.45, 2.75) is 35.9 Å². The number of benzene rings is 3. The first kappa shape index (κ1) is 24.6. The summed E-state index contributed by atoms with van der Waals surface area (Å²) >= 11 is 6.34. The number of aliphatic hydroxyl groups is 4. The first-order chi connectivity index (χ1) is 17.4. The van der Waals surface area contributed by atoms with Crippen LogP contribution in [-0.4, -0.2) is 55.2 Å². The average molecular weight is 512 g/mol. The van der Waals surface area contributed by atoms with Gasteiger partial charge in [0.1, 0.15) is 24.2 Å². The largest absolute Gasteiger partial charge is 0.488 e. The Hall–Kier alpha value is -3.11. The molecule has 0 aliphatic carbocycles. The maximum atomic E-state index is 11.8. The zero-order chi connectivity index (χ0) is 25.3. The Bertz CT molecular complexity index is 1310. The molecule has 3 aromatic carbocycles. The van der Waals surface area contributed by atoms with E-state index in [1.54, 1.807) is 54.6 Å². The number of aromatic nitrogens is 1. The predicted octanol–water partition coefficient (Wildman–Crippen LogP) is 2.95. The van der Waals surface area contributed by atoms with Crippen LogP contribution in [0.2, 0.25) is 0 Å². The van der Waals surface area contributed by atoms with Gasteiger partial charge >= 0.3 is 0 Å². The maximum absolute atomic E-state index is 11.8. The zero-order valence-corrected chi connectivity index (χ0v) is 19.9. The third-order valence-electron chi connectivity index (χ3n) is 6.35. The van der Waals surface area contributed by atoms with Crippen LogP contribution in [0, 0.1) is 0 Å². The first-order valence-corrected chi connectivity index (χ1v) is 11.8. The highest BCUT2D eigenvalue weighted by Gasteiger charge is 2.64. The van der Waals surface area contributed by atoms with Gasteiger partial charge in [-0.3, -0.25) is 0 Å². The minimum absolute atomic E-state index is 0.322. The van der Waals surface area contributed by atoms with Gasteiger partial charge in [0.25, 0.3) is 0 Å². The molecule has 0 amide bonds. The highest BCUT2D eigenvalue weighted by molar-refractivity contribution is 6.23. The van der Waals surface area contributed by atoms with Crippen LogP contribution in [0.25, 0.3) is 10.9 Å². The van der Waals surface area contributed by atoms with Crippen molar-refractivity contribution in [1.29, 1.82) is 0 Å². The lowest BCUT2D eigenvalue weighted by atomic mass is 9.91.